The van der Waals surface area contributed by atoms with Gasteiger partial charge in [0.15, 0.2) is 0 Å². The number of unbranched alkanes of at least 4 members (excludes halogenated alkanes) is 4. The minimum atomic E-state index is -0.245. The molecule has 0 radical (unpaired) electrons. The number of carbonyl (C=O) groups is 2. The van der Waals surface area contributed by atoms with Crippen LogP contribution in [0.5, 0.6) is 5.75 Å². The van der Waals surface area contributed by atoms with E-state index in [0.29, 0.717) is 17.9 Å². The highest BCUT2D eigenvalue weighted by molar-refractivity contribution is 6.02. The number of ether oxygens (including phenoxy) is 2. The standard InChI is InChI=1S/C24H30O4/c1-2-3-4-5-9-12-23(25)27-20-15-13-19(14-16-20)22-17-21(24(26)28-22)18-10-7-6-8-11-18/h13-17H,2-12H2,1H3. The minimum absolute atomic E-state index is 0.194. The van der Waals surface area contributed by atoms with Gasteiger partial charge in [-0.3, -0.25) is 4.79 Å². The Balaban J connectivity index is 1.55. The van der Waals surface area contributed by atoms with Crippen LogP contribution in [0, 0.1) is 0 Å². The number of rotatable bonds is 8. The molecule has 1 saturated carbocycles. The maximum Gasteiger partial charge on any atom is 0.343 e. The van der Waals surface area contributed by atoms with Crippen LogP contribution in [0.1, 0.15) is 83.1 Å². The molecular formula is C24H30O4. The van der Waals surface area contributed by atoms with Crippen molar-refractivity contribution in [2.24, 2.45) is 0 Å². The van der Waals surface area contributed by atoms with Crippen LogP contribution in [-0.2, 0) is 14.3 Å². The zero-order chi connectivity index (χ0) is 19.8. The summed E-state index contributed by atoms with van der Waals surface area (Å²) < 4.78 is 10.9. The third-order valence-corrected chi connectivity index (χ3v) is 5.39. The third-order valence-electron chi connectivity index (χ3n) is 5.39. The molecule has 0 atom stereocenters. The summed E-state index contributed by atoms with van der Waals surface area (Å²) in [6.07, 6.45) is 13.3. The van der Waals surface area contributed by atoms with Gasteiger partial charge in [0, 0.05) is 12.0 Å². The van der Waals surface area contributed by atoms with Crippen LogP contribution < -0.4 is 4.74 Å². The fraction of sp³-hybridized carbons (Fsp3) is 0.500. The summed E-state index contributed by atoms with van der Waals surface area (Å²) in [5.74, 6) is 0.663. The molecule has 3 rings (SSSR count). The summed E-state index contributed by atoms with van der Waals surface area (Å²) in [6, 6.07) is 7.17. The first-order valence-electron chi connectivity index (χ1n) is 10.6. The van der Waals surface area contributed by atoms with E-state index in [1.807, 2.05) is 18.2 Å². The number of carbonyl (C=O) groups excluding carboxylic acids is 2. The van der Waals surface area contributed by atoms with Gasteiger partial charge in [0.25, 0.3) is 0 Å². The molecule has 1 heterocycles. The van der Waals surface area contributed by atoms with Crippen molar-refractivity contribution in [2.75, 3.05) is 0 Å². The number of cyclic esters (lactones) is 1. The Hall–Kier alpha value is -2.36. The molecule has 150 valence electrons. The molecule has 2 aliphatic rings. The van der Waals surface area contributed by atoms with Gasteiger partial charge in [-0.15, -0.1) is 0 Å². The van der Waals surface area contributed by atoms with Crippen molar-refractivity contribution in [1.82, 2.24) is 0 Å². The van der Waals surface area contributed by atoms with E-state index in [2.05, 4.69) is 6.92 Å². The first-order valence-corrected chi connectivity index (χ1v) is 10.6. The Labute approximate surface area is 167 Å². The van der Waals surface area contributed by atoms with Gasteiger partial charge in [-0.2, -0.15) is 0 Å². The minimum Gasteiger partial charge on any atom is -0.427 e. The lowest BCUT2D eigenvalue weighted by molar-refractivity contribution is -0.134. The summed E-state index contributed by atoms with van der Waals surface area (Å²) in [6.45, 7) is 2.17. The quantitative estimate of drug-likeness (QED) is 0.235. The molecule has 1 aromatic rings. The molecular weight excluding hydrogens is 352 g/mol. The Morgan fingerprint density at radius 1 is 1.00 bits per heavy atom. The number of benzene rings is 1. The molecule has 0 amide bonds. The largest absolute Gasteiger partial charge is 0.427 e. The first-order chi connectivity index (χ1) is 13.7. The SMILES string of the molecule is CCCCCCCC(=O)Oc1ccc(C2=CC(=C3CCCCC3)C(=O)O2)cc1. The molecule has 0 saturated heterocycles. The van der Waals surface area contributed by atoms with Gasteiger partial charge < -0.3 is 9.47 Å². The van der Waals surface area contributed by atoms with Crippen molar-refractivity contribution in [3.63, 3.8) is 0 Å². The molecule has 1 aliphatic carbocycles. The van der Waals surface area contributed by atoms with Crippen LogP contribution in [0.15, 0.2) is 41.5 Å². The van der Waals surface area contributed by atoms with Crippen LogP contribution in [-0.4, -0.2) is 11.9 Å². The van der Waals surface area contributed by atoms with Crippen molar-refractivity contribution >= 4 is 17.7 Å². The molecule has 4 heteroatoms. The van der Waals surface area contributed by atoms with Crippen LogP contribution >= 0.6 is 0 Å². The van der Waals surface area contributed by atoms with Crippen molar-refractivity contribution in [2.45, 2.75) is 77.6 Å². The maximum absolute atomic E-state index is 12.2. The van der Waals surface area contributed by atoms with Crippen molar-refractivity contribution < 1.29 is 19.1 Å². The summed E-state index contributed by atoms with van der Waals surface area (Å²) >= 11 is 0. The molecule has 0 unspecified atom stereocenters. The van der Waals surface area contributed by atoms with Gasteiger partial charge in [0.1, 0.15) is 11.5 Å². The number of allylic oxidation sites excluding steroid dienone is 1. The number of hydrogen-bond acceptors (Lipinski definition) is 4. The molecule has 1 aromatic carbocycles. The zero-order valence-electron chi connectivity index (χ0n) is 16.8. The zero-order valence-corrected chi connectivity index (χ0v) is 16.8. The van der Waals surface area contributed by atoms with E-state index in [9.17, 15) is 9.59 Å². The van der Waals surface area contributed by atoms with E-state index in [4.69, 9.17) is 9.47 Å². The van der Waals surface area contributed by atoms with E-state index in [1.54, 1.807) is 12.1 Å². The Bertz CT molecular complexity index is 747. The Morgan fingerprint density at radius 3 is 2.43 bits per heavy atom. The molecule has 28 heavy (non-hydrogen) atoms. The normalized spacial score (nSPS) is 16.8. The predicted molar refractivity (Wildman–Crippen MR) is 110 cm³/mol. The van der Waals surface area contributed by atoms with Crippen molar-refractivity contribution in [1.29, 1.82) is 0 Å². The van der Waals surface area contributed by atoms with Gasteiger partial charge >= 0.3 is 11.9 Å². The lowest BCUT2D eigenvalue weighted by atomic mass is 9.91. The van der Waals surface area contributed by atoms with E-state index in [0.717, 1.165) is 49.7 Å². The van der Waals surface area contributed by atoms with E-state index < -0.39 is 0 Å². The van der Waals surface area contributed by atoms with Crippen LogP contribution in [0.2, 0.25) is 0 Å². The van der Waals surface area contributed by atoms with E-state index in [-0.39, 0.29) is 11.9 Å². The average Bonchev–Trinajstić information content (AvgIpc) is 3.11. The lowest BCUT2D eigenvalue weighted by Crippen LogP contribution is -2.07. The Kier molecular flexibility index (Phi) is 7.46. The van der Waals surface area contributed by atoms with Crippen LogP contribution in [0.4, 0.5) is 0 Å². The van der Waals surface area contributed by atoms with E-state index in [1.165, 1.54) is 31.3 Å². The lowest BCUT2D eigenvalue weighted by Gasteiger charge is -2.14. The summed E-state index contributed by atoms with van der Waals surface area (Å²) in [5.41, 5.74) is 2.77. The molecule has 0 spiro atoms. The molecule has 0 bridgehead atoms. The third kappa shape index (κ3) is 5.57. The average molecular weight is 383 g/mol. The van der Waals surface area contributed by atoms with Crippen molar-refractivity contribution in [3.05, 3.63) is 47.1 Å². The second kappa shape index (κ2) is 10.3. The summed E-state index contributed by atoms with van der Waals surface area (Å²) in [7, 11) is 0. The second-order valence-electron chi connectivity index (χ2n) is 7.64. The highest BCUT2D eigenvalue weighted by Gasteiger charge is 2.25. The molecule has 0 aromatic heterocycles. The molecule has 4 nitrogen and oxygen atoms in total. The maximum atomic E-state index is 12.2. The highest BCUT2D eigenvalue weighted by atomic mass is 16.5. The molecule has 0 N–H and O–H groups in total. The van der Waals surface area contributed by atoms with Crippen LogP contribution in [0.25, 0.3) is 5.76 Å². The van der Waals surface area contributed by atoms with Gasteiger partial charge in [-0.05, 0) is 62.4 Å². The Morgan fingerprint density at radius 2 is 1.71 bits per heavy atom. The van der Waals surface area contributed by atoms with Gasteiger partial charge in [0.05, 0.1) is 5.57 Å². The monoisotopic (exact) mass is 382 g/mol. The topological polar surface area (TPSA) is 52.6 Å². The predicted octanol–water partition coefficient (Wildman–Crippen LogP) is 6.11. The van der Waals surface area contributed by atoms with Gasteiger partial charge in [0.2, 0.25) is 0 Å². The second-order valence-corrected chi connectivity index (χ2v) is 7.64. The van der Waals surface area contributed by atoms with Crippen LogP contribution in [0.3, 0.4) is 0 Å². The first kappa shape index (κ1) is 20.4. The van der Waals surface area contributed by atoms with Gasteiger partial charge in [-0.1, -0.05) is 44.6 Å². The van der Waals surface area contributed by atoms with Crippen molar-refractivity contribution in [3.8, 4) is 5.75 Å². The van der Waals surface area contributed by atoms with E-state index >= 15 is 0 Å². The molecule has 1 fully saturated rings. The fourth-order valence-electron chi connectivity index (χ4n) is 3.75. The number of esters is 2. The summed E-state index contributed by atoms with van der Waals surface area (Å²) in [5, 5.41) is 0. The summed E-state index contributed by atoms with van der Waals surface area (Å²) in [4.78, 5) is 24.2. The fourth-order valence-corrected chi connectivity index (χ4v) is 3.75. The van der Waals surface area contributed by atoms with Gasteiger partial charge in [-0.25, -0.2) is 4.79 Å². The highest BCUT2D eigenvalue weighted by Crippen LogP contribution is 2.33. The molecule has 1 aliphatic heterocycles. The smallest absolute Gasteiger partial charge is 0.343 e. The number of hydrogen-bond donors (Lipinski definition) is 0.